The highest BCUT2D eigenvalue weighted by Crippen LogP contribution is 2.48. The monoisotopic (exact) mass is 346 g/mol. The largest absolute Gasteiger partial charge is 0.0622 e. The van der Waals surface area contributed by atoms with Crippen LogP contribution >= 0.6 is 0 Å². The molecule has 0 bridgehead atoms. The molecule has 0 saturated heterocycles. The van der Waals surface area contributed by atoms with E-state index < -0.39 is 0 Å². The normalized spacial score (nSPS) is 16.3. The Kier molecular flexibility index (Phi) is 4.77. The molecule has 0 aliphatic heterocycles. The van der Waals surface area contributed by atoms with Gasteiger partial charge >= 0.3 is 0 Å². The molecule has 1 aliphatic carbocycles. The Morgan fingerprint density at radius 3 is 1.81 bits per heavy atom. The highest BCUT2D eigenvalue weighted by molar-refractivity contribution is 5.86. The summed E-state index contributed by atoms with van der Waals surface area (Å²) in [5, 5.41) is 0. The maximum atomic E-state index is 3.47. The summed E-state index contributed by atoms with van der Waals surface area (Å²) in [6.45, 7) is 4.44. The van der Waals surface area contributed by atoms with Crippen LogP contribution in [0.3, 0.4) is 0 Å². The van der Waals surface area contributed by atoms with Gasteiger partial charge in [-0.1, -0.05) is 90.7 Å². The lowest BCUT2D eigenvalue weighted by Gasteiger charge is -2.18. The van der Waals surface area contributed by atoms with Crippen molar-refractivity contribution in [2.45, 2.75) is 19.8 Å². The number of hydrogen-bond donors (Lipinski definition) is 0. The average molecular weight is 346 g/mol. The number of hydrogen-bond acceptors (Lipinski definition) is 0. The summed E-state index contributed by atoms with van der Waals surface area (Å²) in [6.07, 6.45) is 0. The van der Waals surface area contributed by atoms with Crippen molar-refractivity contribution >= 4 is 5.57 Å². The van der Waals surface area contributed by atoms with Crippen LogP contribution in [0, 0.1) is 11.8 Å². The van der Waals surface area contributed by atoms with Gasteiger partial charge in [0.05, 0.1) is 0 Å². The molecule has 0 spiro atoms. The molecule has 0 amide bonds. The maximum absolute atomic E-state index is 3.47. The molecule has 0 heterocycles. The van der Waals surface area contributed by atoms with Gasteiger partial charge in [-0.3, -0.25) is 0 Å². The molecule has 27 heavy (non-hydrogen) atoms. The summed E-state index contributed by atoms with van der Waals surface area (Å²) in [6, 6.07) is 31.7. The fourth-order valence-electron chi connectivity index (χ4n) is 3.92. The van der Waals surface area contributed by atoms with E-state index in [1.807, 2.05) is 18.2 Å². The third-order valence-corrected chi connectivity index (χ3v) is 5.22. The summed E-state index contributed by atoms with van der Waals surface area (Å²) >= 11 is 0. The zero-order valence-electron chi connectivity index (χ0n) is 15.7. The number of benzene rings is 3. The molecule has 0 heteroatoms. The van der Waals surface area contributed by atoms with Gasteiger partial charge in [-0.05, 0) is 53.8 Å². The van der Waals surface area contributed by atoms with E-state index in [2.05, 4.69) is 98.5 Å². The molecule has 1 aliphatic rings. The predicted molar refractivity (Wildman–Crippen MR) is 114 cm³/mol. The van der Waals surface area contributed by atoms with Crippen LogP contribution in [0.25, 0.3) is 5.57 Å². The molecule has 0 saturated carbocycles. The Labute approximate surface area is 161 Å². The van der Waals surface area contributed by atoms with E-state index in [4.69, 9.17) is 0 Å². The Hall–Kier alpha value is -3.30. The second kappa shape index (κ2) is 7.52. The molecule has 0 aromatic heterocycles. The fraction of sp³-hybridized carbons (Fsp3) is 0.111. The molecule has 0 radical (unpaired) electrons. The van der Waals surface area contributed by atoms with E-state index in [0.29, 0.717) is 0 Å². The summed E-state index contributed by atoms with van der Waals surface area (Å²) < 4.78 is 0. The summed E-state index contributed by atoms with van der Waals surface area (Å²) in [7, 11) is 0. The van der Waals surface area contributed by atoms with Gasteiger partial charge in [-0.15, -0.1) is 0 Å². The highest BCUT2D eigenvalue weighted by Gasteiger charge is 2.30. The molecular formula is C27H22. The molecule has 3 aromatic carbocycles. The third-order valence-electron chi connectivity index (χ3n) is 5.22. The van der Waals surface area contributed by atoms with Crippen LogP contribution in [0.5, 0.6) is 0 Å². The molecular weight excluding hydrogens is 324 g/mol. The van der Waals surface area contributed by atoms with Crippen LogP contribution in [0.1, 0.15) is 36.5 Å². The van der Waals surface area contributed by atoms with Crippen molar-refractivity contribution in [1.29, 1.82) is 0 Å². The first-order chi connectivity index (χ1) is 13.3. The maximum Gasteiger partial charge on any atom is 0.0320 e. The zero-order valence-corrected chi connectivity index (χ0v) is 15.7. The minimum atomic E-state index is 0.258. The van der Waals surface area contributed by atoms with Crippen LogP contribution in [0.4, 0.5) is 0 Å². The van der Waals surface area contributed by atoms with E-state index in [-0.39, 0.29) is 5.92 Å². The zero-order chi connectivity index (χ0) is 18.6. The van der Waals surface area contributed by atoms with Gasteiger partial charge in [0.1, 0.15) is 0 Å². The van der Waals surface area contributed by atoms with Crippen LogP contribution < -0.4 is 0 Å². The van der Waals surface area contributed by atoms with Crippen molar-refractivity contribution in [2.24, 2.45) is 0 Å². The van der Waals surface area contributed by atoms with Crippen LogP contribution in [0.15, 0.2) is 108 Å². The Balaban J connectivity index is 1.86. The van der Waals surface area contributed by atoms with Crippen molar-refractivity contribution in [3.63, 3.8) is 0 Å². The topological polar surface area (TPSA) is 0 Å². The highest BCUT2D eigenvalue weighted by atomic mass is 14.3. The molecule has 0 N–H and O–H groups in total. The summed E-state index contributed by atoms with van der Waals surface area (Å²) in [5.41, 5.74) is 8.82. The molecule has 1 atom stereocenters. The van der Waals surface area contributed by atoms with Gasteiger partial charge in [0.2, 0.25) is 0 Å². The van der Waals surface area contributed by atoms with Crippen LogP contribution in [0.2, 0.25) is 0 Å². The Morgan fingerprint density at radius 1 is 0.630 bits per heavy atom. The van der Waals surface area contributed by atoms with Gasteiger partial charge in [0.25, 0.3) is 0 Å². The lowest BCUT2D eigenvalue weighted by Crippen LogP contribution is -2.01. The number of allylic oxidation sites excluding steroid dienone is 4. The SMILES string of the molecule is CC1=C(c2ccccc2)C(c2ccccc2)C(C)=C1C#Cc1ccccc1. The molecule has 3 aromatic rings. The smallest absolute Gasteiger partial charge is 0.0320 e. The van der Waals surface area contributed by atoms with E-state index >= 15 is 0 Å². The van der Waals surface area contributed by atoms with Gasteiger partial charge in [0.15, 0.2) is 0 Å². The van der Waals surface area contributed by atoms with Crippen molar-refractivity contribution in [3.05, 3.63) is 124 Å². The van der Waals surface area contributed by atoms with Crippen molar-refractivity contribution in [3.8, 4) is 11.8 Å². The van der Waals surface area contributed by atoms with Gasteiger partial charge in [-0.25, -0.2) is 0 Å². The van der Waals surface area contributed by atoms with Gasteiger partial charge < -0.3 is 0 Å². The summed E-state index contributed by atoms with van der Waals surface area (Å²) in [5.74, 6) is 7.08. The first-order valence-electron chi connectivity index (χ1n) is 9.35. The van der Waals surface area contributed by atoms with E-state index in [1.54, 1.807) is 0 Å². The van der Waals surface area contributed by atoms with E-state index in [0.717, 1.165) is 5.56 Å². The minimum Gasteiger partial charge on any atom is -0.0622 e. The molecule has 1 unspecified atom stereocenters. The standard InChI is InChI=1S/C27H22/c1-20-25(19-18-22-12-6-3-7-13-22)21(2)27(24-16-10-5-11-17-24)26(20)23-14-8-4-9-15-23/h3-17,26H,1-2H3. The van der Waals surface area contributed by atoms with Crippen molar-refractivity contribution in [2.75, 3.05) is 0 Å². The number of rotatable bonds is 2. The van der Waals surface area contributed by atoms with E-state index in [9.17, 15) is 0 Å². The minimum absolute atomic E-state index is 0.258. The van der Waals surface area contributed by atoms with Gasteiger partial charge in [-0.2, -0.15) is 0 Å². The second-order valence-corrected chi connectivity index (χ2v) is 6.92. The second-order valence-electron chi connectivity index (χ2n) is 6.92. The Morgan fingerprint density at radius 2 is 1.19 bits per heavy atom. The van der Waals surface area contributed by atoms with Crippen molar-refractivity contribution in [1.82, 2.24) is 0 Å². The first kappa shape index (κ1) is 17.1. The van der Waals surface area contributed by atoms with Gasteiger partial charge in [0, 0.05) is 17.1 Å². The third kappa shape index (κ3) is 3.37. The first-order valence-corrected chi connectivity index (χ1v) is 9.35. The molecule has 0 nitrogen and oxygen atoms in total. The van der Waals surface area contributed by atoms with E-state index in [1.165, 1.54) is 33.4 Å². The quantitative estimate of drug-likeness (QED) is 0.457. The lowest BCUT2D eigenvalue weighted by molar-refractivity contribution is 1.02. The average Bonchev–Trinajstić information content (AvgIpc) is 2.98. The Bertz CT molecular complexity index is 1060. The van der Waals surface area contributed by atoms with Crippen LogP contribution in [-0.4, -0.2) is 0 Å². The predicted octanol–water partition coefficient (Wildman–Crippen LogP) is 6.63. The fourth-order valence-corrected chi connectivity index (χ4v) is 3.92. The lowest BCUT2D eigenvalue weighted by atomic mass is 9.84. The summed E-state index contributed by atoms with van der Waals surface area (Å²) in [4.78, 5) is 0. The molecule has 4 rings (SSSR count). The van der Waals surface area contributed by atoms with Crippen molar-refractivity contribution < 1.29 is 0 Å². The van der Waals surface area contributed by atoms with Crippen LogP contribution in [-0.2, 0) is 0 Å². The molecule has 130 valence electrons. The molecule has 0 fully saturated rings.